The Bertz CT molecular complexity index is 1070. The number of rotatable bonds is 6. The molecule has 3 aromatic carbocycles. The van der Waals surface area contributed by atoms with Crippen molar-refractivity contribution in [3.8, 4) is 0 Å². The molecule has 0 heterocycles. The molecule has 0 saturated heterocycles. The van der Waals surface area contributed by atoms with Gasteiger partial charge in [0, 0.05) is 31.2 Å². The highest BCUT2D eigenvalue weighted by molar-refractivity contribution is 7.99. The Labute approximate surface area is 196 Å². The van der Waals surface area contributed by atoms with Crippen LogP contribution in [0.15, 0.2) is 51.1 Å². The molecule has 3 aromatic rings. The van der Waals surface area contributed by atoms with Gasteiger partial charge in [-0.3, -0.25) is 0 Å². The Morgan fingerprint density at radius 1 is 0.800 bits per heavy atom. The van der Waals surface area contributed by atoms with E-state index >= 15 is 0 Å². The predicted molar refractivity (Wildman–Crippen MR) is 130 cm³/mol. The molecule has 0 spiro atoms. The fourth-order valence-electron chi connectivity index (χ4n) is 3.00. The summed E-state index contributed by atoms with van der Waals surface area (Å²) in [5.74, 6) is 0.703. The van der Waals surface area contributed by atoms with Crippen LogP contribution < -0.4 is 0 Å². The van der Waals surface area contributed by atoms with Crippen LogP contribution in [-0.2, 0) is 11.5 Å². The first kappa shape index (κ1) is 23.5. The molecule has 0 amide bonds. The van der Waals surface area contributed by atoms with Crippen molar-refractivity contribution < 1.29 is 8.78 Å². The number of benzene rings is 3. The van der Waals surface area contributed by atoms with Gasteiger partial charge in [-0.25, -0.2) is 8.78 Å². The van der Waals surface area contributed by atoms with Gasteiger partial charge < -0.3 is 0 Å². The number of thiol groups is 1. The van der Waals surface area contributed by atoms with E-state index in [1.165, 1.54) is 11.8 Å². The summed E-state index contributed by atoms with van der Waals surface area (Å²) in [6.45, 7) is 7.59. The molecule has 6 heteroatoms. The van der Waals surface area contributed by atoms with Gasteiger partial charge in [-0.2, -0.15) is 0 Å². The lowest BCUT2D eigenvalue weighted by Crippen LogP contribution is -1.95. The molecule has 30 heavy (non-hydrogen) atoms. The van der Waals surface area contributed by atoms with Gasteiger partial charge in [0.15, 0.2) is 0 Å². The Morgan fingerprint density at radius 3 is 2.10 bits per heavy atom. The largest absolute Gasteiger partial charge is 0.207 e. The highest BCUT2D eigenvalue weighted by atomic mass is 35.5. The molecule has 0 unspecified atom stereocenters. The lowest BCUT2D eigenvalue weighted by atomic mass is 10.1. The summed E-state index contributed by atoms with van der Waals surface area (Å²) in [5, 5.41) is 0.750. The van der Waals surface area contributed by atoms with E-state index in [0.717, 1.165) is 37.1 Å². The highest BCUT2D eigenvalue weighted by Crippen LogP contribution is 2.34. The average Bonchev–Trinajstić information content (AvgIpc) is 2.71. The van der Waals surface area contributed by atoms with Crippen LogP contribution in [-0.4, -0.2) is 0 Å². The van der Waals surface area contributed by atoms with Crippen LogP contribution in [0, 0.1) is 39.3 Å². The Hall–Kier alpha value is -1.14. The van der Waals surface area contributed by atoms with Crippen molar-refractivity contribution in [3.63, 3.8) is 0 Å². The van der Waals surface area contributed by atoms with Gasteiger partial charge in [0.1, 0.15) is 11.6 Å². The normalized spacial score (nSPS) is 11.2. The number of hydrogen-bond acceptors (Lipinski definition) is 3. The van der Waals surface area contributed by atoms with E-state index in [1.54, 1.807) is 37.7 Å². The van der Waals surface area contributed by atoms with Crippen molar-refractivity contribution in [3.05, 3.63) is 86.4 Å². The van der Waals surface area contributed by atoms with Crippen LogP contribution in [0.2, 0.25) is 5.02 Å². The summed E-state index contributed by atoms with van der Waals surface area (Å²) in [4.78, 5) is 2.24. The van der Waals surface area contributed by atoms with Crippen LogP contribution in [0.25, 0.3) is 0 Å². The lowest BCUT2D eigenvalue weighted by Gasteiger charge is -2.13. The number of hydrogen-bond donors (Lipinski definition) is 1. The molecule has 0 aliphatic carbocycles. The third kappa shape index (κ3) is 5.37. The molecule has 0 radical (unpaired) electrons. The lowest BCUT2D eigenvalue weighted by molar-refractivity contribution is 0.591. The maximum Gasteiger partial charge on any atom is 0.139 e. The minimum absolute atomic E-state index is 0.220. The van der Waals surface area contributed by atoms with E-state index in [-0.39, 0.29) is 11.6 Å². The minimum atomic E-state index is -0.296. The van der Waals surface area contributed by atoms with Gasteiger partial charge in [-0.1, -0.05) is 17.7 Å². The first-order chi connectivity index (χ1) is 14.2. The summed E-state index contributed by atoms with van der Waals surface area (Å²) in [7, 11) is 0. The molecule has 158 valence electrons. The monoisotopic (exact) mass is 480 g/mol. The highest BCUT2D eigenvalue weighted by Gasteiger charge is 2.12. The second-order valence-electron chi connectivity index (χ2n) is 7.30. The van der Waals surface area contributed by atoms with Gasteiger partial charge in [0.2, 0.25) is 0 Å². The van der Waals surface area contributed by atoms with Gasteiger partial charge in [-0.15, -0.1) is 36.2 Å². The molecular weight excluding hydrogens is 458 g/mol. The summed E-state index contributed by atoms with van der Waals surface area (Å²) in [5.41, 5.74) is 5.31. The molecule has 0 bridgehead atoms. The molecule has 0 saturated carbocycles. The number of aryl methyl sites for hydroxylation is 1. The van der Waals surface area contributed by atoms with Crippen LogP contribution >= 0.6 is 47.8 Å². The zero-order chi connectivity index (χ0) is 22.0. The van der Waals surface area contributed by atoms with E-state index in [2.05, 4.69) is 18.7 Å². The summed E-state index contributed by atoms with van der Waals surface area (Å²) in [6.07, 6.45) is 0. The van der Waals surface area contributed by atoms with Crippen LogP contribution in [0.3, 0.4) is 0 Å². The van der Waals surface area contributed by atoms with Crippen molar-refractivity contribution in [1.82, 2.24) is 0 Å². The Kier molecular flexibility index (Phi) is 7.83. The molecule has 0 aliphatic heterocycles. The smallest absolute Gasteiger partial charge is 0.139 e. The van der Waals surface area contributed by atoms with Crippen LogP contribution in [0.4, 0.5) is 8.78 Å². The molecular formula is C24H23ClF2S3. The first-order valence-electron chi connectivity index (χ1n) is 9.45. The summed E-state index contributed by atoms with van der Waals surface area (Å²) >= 11 is 13.6. The maximum absolute atomic E-state index is 14.6. The van der Waals surface area contributed by atoms with E-state index in [4.69, 9.17) is 11.6 Å². The third-order valence-electron chi connectivity index (χ3n) is 5.27. The molecule has 0 N–H and O–H groups in total. The van der Waals surface area contributed by atoms with E-state index < -0.39 is 0 Å². The SMILES string of the molecule is Cc1cc(SCc2cc(SCc3ccc(S)c(F)c3C)cc(F)c2C)cc(Cl)c1C. The zero-order valence-electron chi connectivity index (χ0n) is 17.3. The van der Waals surface area contributed by atoms with Gasteiger partial charge >= 0.3 is 0 Å². The second kappa shape index (κ2) is 9.99. The van der Waals surface area contributed by atoms with Crippen molar-refractivity contribution >= 4 is 47.8 Å². The zero-order valence-corrected chi connectivity index (χ0v) is 20.6. The average molecular weight is 481 g/mol. The molecule has 0 aliphatic rings. The molecule has 0 atom stereocenters. The standard InChI is InChI=1S/C24H23ClF2S3/c1-13-7-19(9-21(25)14(13)2)30-12-18-8-20(10-22(26)15(18)3)29-11-17-5-6-23(28)24(27)16(17)4/h5-10,28H,11-12H2,1-4H3. The predicted octanol–water partition coefficient (Wildman–Crippen LogP) is 8.73. The number of thioether (sulfide) groups is 2. The Morgan fingerprint density at radius 2 is 1.43 bits per heavy atom. The third-order valence-corrected chi connectivity index (χ3v) is 8.06. The second-order valence-corrected chi connectivity index (χ2v) is 10.3. The van der Waals surface area contributed by atoms with Gasteiger partial charge in [0.05, 0.1) is 0 Å². The number of halogens is 3. The summed E-state index contributed by atoms with van der Waals surface area (Å²) < 4.78 is 28.6. The fourth-order valence-corrected chi connectivity index (χ4v) is 5.70. The van der Waals surface area contributed by atoms with E-state index in [1.807, 2.05) is 32.0 Å². The van der Waals surface area contributed by atoms with Crippen molar-refractivity contribution in [2.75, 3.05) is 0 Å². The summed E-state index contributed by atoms with van der Waals surface area (Å²) in [6, 6.07) is 11.2. The van der Waals surface area contributed by atoms with Crippen molar-refractivity contribution in [2.45, 2.75) is 53.9 Å². The van der Waals surface area contributed by atoms with Crippen molar-refractivity contribution in [2.24, 2.45) is 0 Å². The maximum atomic E-state index is 14.6. The first-order valence-corrected chi connectivity index (χ1v) is 12.2. The Balaban J connectivity index is 1.76. The van der Waals surface area contributed by atoms with Crippen LogP contribution in [0.1, 0.15) is 33.4 Å². The molecule has 0 aromatic heterocycles. The molecule has 0 nitrogen and oxygen atoms in total. The topological polar surface area (TPSA) is 0 Å². The van der Waals surface area contributed by atoms with Gasteiger partial charge in [-0.05, 0) is 91.4 Å². The van der Waals surface area contributed by atoms with Crippen LogP contribution in [0.5, 0.6) is 0 Å². The van der Waals surface area contributed by atoms with Gasteiger partial charge in [0.25, 0.3) is 0 Å². The molecule has 0 fully saturated rings. The minimum Gasteiger partial charge on any atom is -0.207 e. The molecule has 3 rings (SSSR count). The van der Waals surface area contributed by atoms with Crippen molar-refractivity contribution in [1.29, 1.82) is 0 Å². The fraction of sp³-hybridized carbons (Fsp3) is 0.250. The quantitative estimate of drug-likeness (QED) is 0.276. The van der Waals surface area contributed by atoms with E-state index in [0.29, 0.717) is 27.5 Å². The van der Waals surface area contributed by atoms with E-state index in [9.17, 15) is 8.78 Å².